The molecule has 0 saturated carbocycles. The highest BCUT2D eigenvalue weighted by Gasteiger charge is 2.15. The van der Waals surface area contributed by atoms with Gasteiger partial charge in [-0.25, -0.2) is 4.39 Å². The molecule has 1 aromatic heterocycles. The van der Waals surface area contributed by atoms with Crippen molar-refractivity contribution in [3.05, 3.63) is 58.9 Å². The van der Waals surface area contributed by atoms with E-state index in [0.29, 0.717) is 5.56 Å². The van der Waals surface area contributed by atoms with Gasteiger partial charge in [-0.05, 0) is 37.6 Å². The Morgan fingerprint density at radius 1 is 1.21 bits per heavy atom. The lowest BCUT2D eigenvalue weighted by Gasteiger charge is -2.18. The molecule has 2 rings (SSSR count). The van der Waals surface area contributed by atoms with E-state index in [4.69, 9.17) is 0 Å². The average Bonchev–Trinajstić information content (AvgIpc) is 2.41. The van der Waals surface area contributed by atoms with E-state index in [2.05, 4.69) is 15.3 Å². The molecule has 19 heavy (non-hydrogen) atoms. The van der Waals surface area contributed by atoms with Gasteiger partial charge in [0, 0.05) is 6.20 Å². The summed E-state index contributed by atoms with van der Waals surface area (Å²) in [6.45, 7) is 6.44. The summed E-state index contributed by atoms with van der Waals surface area (Å²) in [6, 6.07) is 5.14. The van der Waals surface area contributed by atoms with Crippen LogP contribution in [0, 0.1) is 19.7 Å². The van der Waals surface area contributed by atoms with Crippen LogP contribution in [0.15, 0.2) is 30.6 Å². The Balaban J connectivity index is 2.38. The second-order valence-corrected chi connectivity index (χ2v) is 4.58. The monoisotopic (exact) mass is 259 g/mol. The molecule has 0 radical (unpaired) electrons. The fourth-order valence-electron chi connectivity index (χ4n) is 1.94. The zero-order valence-corrected chi connectivity index (χ0v) is 11.4. The van der Waals surface area contributed by atoms with Crippen LogP contribution >= 0.6 is 0 Å². The summed E-state index contributed by atoms with van der Waals surface area (Å²) in [6.07, 6.45) is 3.46. The minimum absolute atomic E-state index is 0.131. The van der Waals surface area contributed by atoms with Gasteiger partial charge in [-0.15, -0.1) is 0 Å². The molecular weight excluding hydrogens is 241 g/mol. The predicted octanol–water partition coefficient (Wildman–Crippen LogP) is 2.93. The van der Waals surface area contributed by atoms with Crippen molar-refractivity contribution in [3.8, 4) is 0 Å². The van der Waals surface area contributed by atoms with Crippen LogP contribution in [0.4, 0.5) is 4.39 Å². The fraction of sp³-hybridized carbons (Fsp3) is 0.333. The molecule has 3 nitrogen and oxygen atoms in total. The maximum Gasteiger partial charge on any atom is 0.126 e. The molecule has 0 bridgehead atoms. The van der Waals surface area contributed by atoms with Gasteiger partial charge in [-0.2, -0.15) is 0 Å². The molecule has 0 fully saturated rings. The molecule has 1 unspecified atom stereocenters. The molecule has 1 atom stereocenters. The van der Waals surface area contributed by atoms with E-state index >= 15 is 0 Å². The van der Waals surface area contributed by atoms with Crippen molar-refractivity contribution in [2.24, 2.45) is 0 Å². The normalized spacial score (nSPS) is 12.4. The minimum Gasteiger partial charge on any atom is -0.305 e. The van der Waals surface area contributed by atoms with Crippen molar-refractivity contribution in [3.63, 3.8) is 0 Å². The summed E-state index contributed by atoms with van der Waals surface area (Å²) < 4.78 is 13.7. The Morgan fingerprint density at radius 2 is 2.00 bits per heavy atom. The number of nitrogens with zero attached hydrogens (tertiary/aromatic N) is 2. The molecule has 4 heteroatoms. The standard InChI is InChI=1S/C15H18FN3/c1-4-17-15(14-9-18-11(3)8-19-14)12-6-5-10(2)13(16)7-12/h5-9,15,17H,4H2,1-3H3. The number of rotatable bonds is 4. The average molecular weight is 259 g/mol. The van der Waals surface area contributed by atoms with Crippen LogP contribution in [0.3, 0.4) is 0 Å². The second-order valence-electron chi connectivity index (χ2n) is 4.58. The smallest absolute Gasteiger partial charge is 0.126 e. The number of aryl methyl sites for hydroxylation is 2. The summed E-state index contributed by atoms with van der Waals surface area (Å²) in [7, 11) is 0. The van der Waals surface area contributed by atoms with Crippen molar-refractivity contribution in [2.75, 3.05) is 6.54 Å². The van der Waals surface area contributed by atoms with E-state index in [0.717, 1.165) is 23.5 Å². The van der Waals surface area contributed by atoms with Crippen molar-refractivity contribution in [1.82, 2.24) is 15.3 Å². The fourth-order valence-corrected chi connectivity index (χ4v) is 1.94. The molecular formula is C15H18FN3. The zero-order chi connectivity index (χ0) is 13.8. The topological polar surface area (TPSA) is 37.8 Å². The van der Waals surface area contributed by atoms with Gasteiger partial charge in [-0.1, -0.05) is 19.1 Å². The highest BCUT2D eigenvalue weighted by Crippen LogP contribution is 2.21. The number of halogens is 1. The molecule has 1 aromatic carbocycles. The summed E-state index contributed by atoms with van der Waals surface area (Å²) >= 11 is 0. The van der Waals surface area contributed by atoms with Crippen LogP contribution in [0.2, 0.25) is 0 Å². The molecule has 1 heterocycles. The number of hydrogen-bond donors (Lipinski definition) is 1. The van der Waals surface area contributed by atoms with Crippen molar-refractivity contribution in [2.45, 2.75) is 26.8 Å². The Hall–Kier alpha value is -1.81. The largest absolute Gasteiger partial charge is 0.305 e. The van der Waals surface area contributed by atoms with Gasteiger partial charge in [-0.3, -0.25) is 9.97 Å². The van der Waals surface area contributed by atoms with Crippen LogP contribution in [0.1, 0.15) is 35.5 Å². The van der Waals surface area contributed by atoms with Crippen molar-refractivity contribution < 1.29 is 4.39 Å². The molecule has 0 spiro atoms. The van der Waals surface area contributed by atoms with Gasteiger partial charge >= 0.3 is 0 Å². The molecule has 0 amide bonds. The predicted molar refractivity (Wildman–Crippen MR) is 73.4 cm³/mol. The zero-order valence-electron chi connectivity index (χ0n) is 11.4. The van der Waals surface area contributed by atoms with E-state index in [1.165, 1.54) is 0 Å². The van der Waals surface area contributed by atoms with Crippen molar-refractivity contribution in [1.29, 1.82) is 0 Å². The van der Waals surface area contributed by atoms with Gasteiger partial charge in [0.1, 0.15) is 5.82 Å². The number of nitrogens with one attached hydrogen (secondary N) is 1. The van der Waals surface area contributed by atoms with E-state index in [1.807, 2.05) is 19.9 Å². The summed E-state index contributed by atoms with van der Waals surface area (Å²) in [5, 5.41) is 3.31. The summed E-state index contributed by atoms with van der Waals surface area (Å²) in [5.74, 6) is -0.194. The molecule has 0 aliphatic rings. The van der Waals surface area contributed by atoms with Crippen molar-refractivity contribution >= 4 is 0 Å². The first kappa shape index (κ1) is 13.6. The van der Waals surface area contributed by atoms with Crippen LogP contribution < -0.4 is 5.32 Å². The Morgan fingerprint density at radius 3 is 2.58 bits per heavy atom. The van der Waals surface area contributed by atoms with E-state index in [1.54, 1.807) is 31.5 Å². The first-order chi connectivity index (χ1) is 9.11. The van der Waals surface area contributed by atoms with Gasteiger partial charge in [0.2, 0.25) is 0 Å². The third-order valence-electron chi connectivity index (χ3n) is 3.03. The number of aromatic nitrogens is 2. The Labute approximate surface area is 112 Å². The SMILES string of the molecule is CCNC(c1ccc(C)c(F)c1)c1cnc(C)cn1. The molecule has 1 N–H and O–H groups in total. The van der Waals surface area contributed by atoms with Crippen LogP contribution in [0.25, 0.3) is 0 Å². The quantitative estimate of drug-likeness (QED) is 0.917. The molecule has 0 saturated heterocycles. The Kier molecular flexibility index (Phi) is 4.22. The van der Waals surface area contributed by atoms with Gasteiger partial charge in [0.05, 0.1) is 23.6 Å². The van der Waals surface area contributed by atoms with Gasteiger partial charge < -0.3 is 5.32 Å². The summed E-state index contributed by atoms with van der Waals surface area (Å²) in [5.41, 5.74) is 3.18. The molecule has 0 aliphatic carbocycles. The lowest BCUT2D eigenvalue weighted by Crippen LogP contribution is -2.23. The molecule has 0 aliphatic heterocycles. The molecule has 2 aromatic rings. The van der Waals surface area contributed by atoms with Crippen LogP contribution in [-0.4, -0.2) is 16.5 Å². The van der Waals surface area contributed by atoms with E-state index in [-0.39, 0.29) is 11.9 Å². The lowest BCUT2D eigenvalue weighted by molar-refractivity contribution is 0.589. The maximum atomic E-state index is 13.7. The highest BCUT2D eigenvalue weighted by molar-refractivity contribution is 5.30. The number of benzene rings is 1. The molecule has 100 valence electrons. The minimum atomic E-state index is -0.194. The third kappa shape index (κ3) is 3.15. The lowest BCUT2D eigenvalue weighted by atomic mass is 10.0. The van der Waals surface area contributed by atoms with Crippen LogP contribution in [0.5, 0.6) is 0 Å². The van der Waals surface area contributed by atoms with E-state index in [9.17, 15) is 4.39 Å². The number of hydrogen-bond acceptors (Lipinski definition) is 3. The van der Waals surface area contributed by atoms with Gasteiger partial charge in [0.25, 0.3) is 0 Å². The first-order valence-electron chi connectivity index (χ1n) is 6.39. The van der Waals surface area contributed by atoms with Crippen LogP contribution in [-0.2, 0) is 0 Å². The summed E-state index contributed by atoms with van der Waals surface area (Å²) in [4.78, 5) is 8.63. The first-order valence-corrected chi connectivity index (χ1v) is 6.39. The maximum absolute atomic E-state index is 13.7. The van der Waals surface area contributed by atoms with E-state index < -0.39 is 0 Å². The Bertz CT molecular complexity index is 552. The second kappa shape index (κ2) is 5.89. The van der Waals surface area contributed by atoms with Gasteiger partial charge in [0.15, 0.2) is 0 Å². The highest BCUT2D eigenvalue weighted by atomic mass is 19.1. The third-order valence-corrected chi connectivity index (χ3v) is 3.03.